The number of pyridine rings is 1. The standard InChI is InChI=1S/C25H25N3O5S2/c1-32-19-5-8-21(9-6-19)35(30,31)15-3-4-24(29)28(17-18-11-13-26-14-12-18)25-27-22-16-20(33-2)7-10-23(22)34-25/h5-14,16H,3-4,15,17H2,1-2H3. The Hall–Kier alpha value is -3.50. The number of aromatic nitrogens is 2. The number of hydrogen-bond donors (Lipinski definition) is 0. The summed E-state index contributed by atoms with van der Waals surface area (Å²) in [4.78, 5) is 23.8. The van der Waals surface area contributed by atoms with Crippen molar-refractivity contribution in [2.75, 3.05) is 24.9 Å². The minimum absolute atomic E-state index is 0.0692. The third kappa shape index (κ3) is 5.95. The molecule has 2 aromatic heterocycles. The SMILES string of the molecule is COc1ccc(S(=O)(=O)CCCC(=O)N(Cc2ccncc2)c2nc3cc(OC)ccc3s2)cc1. The van der Waals surface area contributed by atoms with E-state index in [1.165, 1.54) is 30.6 Å². The van der Waals surface area contributed by atoms with Gasteiger partial charge in [-0.1, -0.05) is 11.3 Å². The van der Waals surface area contributed by atoms with Crippen LogP contribution in [0.1, 0.15) is 18.4 Å². The molecule has 0 saturated carbocycles. The topological polar surface area (TPSA) is 98.7 Å². The molecular weight excluding hydrogens is 486 g/mol. The molecule has 182 valence electrons. The monoisotopic (exact) mass is 511 g/mol. The average Bonchev–Trinajstić information content (AvgIpc) is 3.30. The van der Waals surface area contributed by atoms with Crippen molar-refractivity contribution >= 4 is 42.4 Å². The Morgan fingerprint density at radius 1 is 0.971 bits per heavy atom. The summed E-state index contributed by atoms with van der Waals surface area (Å²) < 4.78 is 36.7. The minimum atomic E-state index is -3.52. The van der Waals surface area contributed by atoms with Gasteiger partial charge in [0.1, 0.15) is 11.5 Å². The zero-order chi connectivity index (χ0) is 24.8. The van der Waals surface area contributed by atoms with E-state index in [2.05, 4.69) is 9.97 Å². The Labute approximate surface area is 208 Å². The van der Waals surface area contributed by atoms with Crippen LogP contribution in [0.15, 0.2) is 71.9 Å². The lowest BCUT2D eigenvalue weighted by Gasteiger charge is -2.20. The number of anilines is 1. The van der Waals surface area contributed by atoms with Crippen LogP contribution in [0, 0.1) is 0 Å². The number of sulfone groups is 1. The smallest absolute Gasteiger partial charge is 0.229 e. The van der Waals surface area contributed by atoms with E-state index >= 15 is 0 Å². The largest absolute Gasteiger partial charge is 0.497 e. The van der Waals surface area contributed by atoms with Crippen LogP contribution in [0.25, 0.3) is 10.2 Å². The second kappa shape index (κ2) is 10.8. The van der Waals surface area contributed by atoms with Crippen LogP contribution < -0.4 is 14.4 Å². The van der Waals surface area contributed by atoms with E-state index in [1.807, 2.05) is 30.3 Å². The molecule has 4 rings (SSSR count). The van der Waals surface area contributed by atoms with Crippen molar-refractivity contribution in [1.82, 2.24) is 9.97 Å². The fraction of sp³-hybridized carbons (Fsp3) is 0.240. The van der Waals surface area contributed by atoms with Crippen molar-refractivity contribution in [3.63, 3.8) is 0 Å². The highest BCUT2D eigenvalue weighted by Crippen LogP contribution is 2.32. The molecule has 1 amide bonds. The summed E-state index contributed by atoms with van der Waals surface area (Å²) in [5.74, 6) is 0.938. The number of methoxy groups -OCH3 is 2. The van der Waals surface area contributed by atoms with E-state index in [1.54, 1.807) is 36.5 Å². The van der Waals surface area contributed by atoms with Crippen molar-refractivity contribution in [3.8, 4) is 11.5 Å². The van der Waals surface area contributed by atoms with Crippen LogP contribution in [0.2, 0.25) is 0 Å². The van der Waals surface area contributed by atoms with Gasteiger partial charge >= 0.3 is 0 Å². The molecular formula is C25H25N3O5S2. The summed E-state index contributed by atoms with van der Waals surface area (Å²) in [5, 5.41) is 0.549. The van der Waals surface area contributed by atoms with Gasteiger partial charge in [0.05, 0.1) is 41.6 Å². The van der Waals surface area contributed by atoms with Crippen LogP contribution in [-0.2, 0) is 21.2 Å². The Balaban J connectivity index is 1.51. The van der Waals surface area contributed by atoms with Crippen molar-refractivity contribution < 1.29 is 22.7 Å². The predicted molar refractivity (Wildman–Crippen MR) is 136 cm³/mol. The minimum Gasteiger partial charge on any atom is -0.497 e. The number of hydrogen-bond acceptors (Lipinski definition) is 8. The summed E-state index contributed by atoms with van der Waals surface area (Å²) in [5.41, 5.74) is 1.63. The first-order valence-corrected chi connectivity index (χ1v) is 13.4. The Morgan fingerprint density at radius 2 is 1.66 bits per heavy atom. The molecule has 0 bridgehead atoms. The van der Waals surface area contributed by atoms with Gasteiger partial charge in [0.15, 0.2) is 15.0 Å². The lowest BCUT2D eigenvalue weighted by Crippen LogP contribution is -2.30. The van der Waals surface area contributed by atoms with Crippen molar-refractivity contribution in [3.05, 3.63) is 72.6 Å². The quantitative estimate of drug-likeness (QED) is 0.309. The molecule has 0 N–H and O–H groups in total. The molecule has 0 unspecified atom stereocenters. The first kappa shape index (κ1) is 24.6. The van der Waals surface area contributed by atoms with E-state index < -0.39 is 9.84 Å². The number of thiazole rings is 1. The van der Waals surface area contributed by atoms with Gasteiger partial charge in [-0.3, -0.25) is 14.7 Å². The molecule has 0 saturated heterocycles. The number of fused-ring (bicyclic) bond motifs is 1. The molecule has 0 aliphatic carbocycles. The van der Waals surface area contributed by atoms with E-state index in [0.29, 0.717) is 23.2 Å². The highest BCUT2D eigenvalue weighted by molar-refractivity contribution is 7.91. The molecule has 0 aliphatic heterocycles. The van der Waals surface area contributed by atoms with Gasteiger partial charge in [-0.25, -0.2) is 13.4 Å². The molecule has 0 fully saturated rings. The summed E-state index contributed by atoms with van der Waals surface area (Å²) in [7, 11) is -0.406. The van der Waals surface area contributed by atoms with Crippen molar-refractivity contribution in [2.45, 2.75) is 24.3 Å². The molecule has 4 aromatic rings. The maximum Gasteiger partial charge on any atom is 0.229 e. The summed E-state index contributed by atoms with van der Waals surface area (Å²) in [6.45, 7) is 0.309. The van der Waals surface area contributed by atoms with Crippen molar-refractivity contribution in [2.24, 2.45) is 0 Å². The van der Waals surface area contributed by atoms with E-state index in [9.17, 15) is 13.2 Å². The van der Waals surface area contributed by atoms with Gasteiger partial charge in [0.25, 0.3) is 0 Å². The Morgan fingerprint density at radius 3 is 2.34 bits per heavy atom. The number of benzene rings is 2. The van der Waals surface area contributed by atoms with Gasteiger partial charge in [-0.2, -0.15) is 0 Å². The highest BCUT2D eigenvalue weighted by atomic mass is 32.2. The molecule has 0 spiro atoms. The van der Waals surface area contributed by atoms with Crippen LogP contribution >= 0.6 is 11.3 Å². The van der Waals surface area contributed by atoms with E-state index in [4.69, 9.17) is 9.47 Å². The molecule has 10 heteroatoms. The molecule has 35 heavy (non-hydrogen) atoms. The summed E-state index contributed by atoms with van der Waals surface area (Å²) in [6.07, 6.45) is 3.60. The number of amides is 1. The van der Waals surface area contributed by atoms with E-state index in [0.717, 1.165) is 15.8 Å². The van der Waals surface area contributed by atoms with Crippen LogP contribution in [0.5, 0.6) is 11.5 Å². The second-order valence-electron chi connectivity index (χ2n) is 7.76. The molecule has 0 atom stereocenters. The van der Waals surface area contributed by atoms with Gasteiger partial charge in [-0.15, -0.1) is 0 Å². The zero-order valence-corrected chi connectivity index (χ0v) is 21.0. The number of carbonyl (C=O) groups excluding carboxylic acids is 1. The second-order valence-corrected chi connectivity index (χ2v) is 10.9. The fourth-order valence-corrected chi connectivity index (χ4v) is 5.79. The third-order valence-corrected chi connectivity index (χ3v) is 8.30. The number of carbonyl (C=O) groups is 1. The summed E-state index contributed by atoms with van der Waals surface area (Å²) >= 11 is 1.40. The molecule has 2 aromatic carbocycles. The fourth-order valence-electron chi connectivity index (χ4n) is 3.52. The zero-order valence-electron chi connectivity index (χ0n) is 19.4. The molecule has 0 aliphatic rings. The third-order valence-electron chi connectivity index (χ3n) is 5.43. The number of nitrogens with zero attached hydrogens (tertiary/aromatic N) is 3. The Kier molecular flexibility index (Phi) is 7.62. The lowest BCUT2D eigenvalue weighted by atomic mass is 10.2. The van der Waals surface area contributed by atoms with Crippen LogP contribution in [-0.4, -0.2) is 44.3 Å². The Bertz CT molecular complexity index is 1400. The van der Waals surface area contributed by atoms with Gasteiger partial charge < -0.3 is 9.47 Å². The number of rotatable bonds is 10. The van der Waals surface area contributed by atoms with Gasteiger partial charge in [0, 0.05) is 24.9 Å². The van der Waals surface area contributed by atoms with Crippen molar-refractivity contribution in [1.29, 1.82) is 0 Å². The normalized spacial score (nSPS) is 11.4. The molecule has 8 nitrogen and oxygen atoms in total. The highest BCUT2D eigenvalue weighted by Gasteiger charge is 2.22. The molecule has 2 heterocycles. The predicted octanol–water partition coefficient (Wildman–Crippen LogP) is 4.50. The van der Waals surface area contributed by atoms with E-state index in [-0.39, 0.29) is 29.4 Å². The van der Waals surface area contributed by atoms with Crippen LogP contribution in [0.4, 0.5) is 5.13 Å². The van der Waals surface area contributed by atoms with Gasteiger partial charge in [0.2, 0.25) is 5.91 Å². The molecule has 0 radical (unpaired) electrons. The number of ether oxygens (including phenoxy) is 2. The maximum absolute atomic E-state index is 13.3. The maximum atomic E-state index is 13.3. The lowest BCUT2D eigenvalue weighted by molar-refractivity contribution is -0.118. The summed E-state index contributed by atoms with van der Waals surface area (Å²) in [6, 6.07) is 15.5. The van der Waals surface area contributed by atoms with Crippen LogP contribution in [0.3, 0.4) is 0 Å². The first-order chi connectivity index (χ1) is 16.9. The average molecular weight is 512 g/mol. The first-order valence-electron chi connectivity index (χ1n) is 10.9. The van der Waals surface area contributed by atoms with Gasteiger partial charge in [-0.05, 0) is 60.5 Å².